The zero-order chi connectivity index (χ0) is 22.1. The summed E-state index contributed by atoms with van der Waals surface area (Å²) in [5, 5.41) is 14.6. The Bertz CT molecular complexity index is 1270. The summed E-state index contributed by atoms with van der Waals surface area (Å²) in [6.07, 6.45) is 4.07. The van der Waals surface area contributed by atoms with E-state index in [0.29, 0.717) is 17.8 Å². The van der Waals surface area contributed by atoms with Gasteiger partial charge in [-0.2, -0.15) is 5.10 Å². The molecule has 32 heavy (non-hydrogen) atoms. The standard InChI is InChI=1S/C24H23FN6O/c1-14-8-16(6-7-27-14)22-20-10-18(12-28-23(20)31-30-22)24(32)29-21-13-26-11-17(21)9-15-2-4-19(25)5-3-15/h2-8,10,12,17,21,26H,9,11,13H2,1H3,(H,29,32)(H,28,30,31)/t17-,21-/m0/s1. The van der Waals surface area contributed by atoms with E-state index in [9.17, 15) is 9.18 Å². The fraction of sp³-hybridized carbons (Fsp3) is 0.250. The van der Waals surface area contributed by atoms with E-state index in [4.69, 9.17) is 0 Å². The topological polar surface area (TPSA) is 95.6 Å². The molecule has 0 saturated carbocycles. The first-order chi connectivity index (χ1) is 15.6. The summed E-state index contributed by atoms with van der Waals surface area (Å²) in [4.78, 5) is 21.6. The van der Waals surface area contributed by atoms with Crippen LogP contribution in [0.4, 0.5) is 4.39 Å². The first-order valence-corrected chi connectivity index (χ1v) is 10.6. The number of halogens is 1. The molecule has 162 valence electrons. The maximum atomic E-state index is 13.2. The second-order valence-electron chi connectivity index (χ2n) is 8.21. The van der Waals surface area contributed by atoms with E-state index in [-0.39, 0.29) is 23.7 Å². The average molecular weight is 430 g/mol. The molecule has 7 nitrogen and oxygen atoms in total. The van der Waals surface area contributed by atoms with Crippen molar-refractivity contribution in [3.8, 4) is 11.3 Å². The summed E-state index contributed by atoms with van der Waals surface area (Å²) < 4.78 is 13.2. The predicted molar refractivity (Wildman–Crippen MR) is 120 cm³/mol. The number of hydrogen-bond acceptors (Lipinski definition) is 5. The number of aromatic amines is 1. The van der Waals surface area contributed by atoms with Gasteiger partial charge in [0.15, 0.2) is 5.65 Å². The molecule has 3 N–H and O–H groups in total. The lowest BCUT2D eigenvalue weighted by molar-refractivity contribution is 0.0931. The van der Waals surface area contributed by atoms with Gasteiger partial charge in [0, 0.05) is 48.2 Å². The number of amides is 1. The normalized spacial score (nSPS) is 18.2. The van der Waals surface area contributed by atoms with Gasteiger partial charge in [-0.1, -0.05) is 12.1 Å². The largest absolute Gasteiger partial charge is 0.348 e. The molecule has 0 radical (unpaired) electrons. The number of benzene rings is 1. The van der Waals surface area contributed by atoms with Crippen LogP contribution in [-0.2, 0) is 6.42 Å². The third kappa shape index (κ3) is 4.09. The third-order valence-corrected chi connectivity index (χ3v) is 5.92. The smallest absolute Gasteiger partial charge is 0.253 e. The molecule has 0 unspecified atom stereocenters. The maximum absolute atomic E-state index is 13.2. The fourth-order valence-corrected chi connectivity index (χ4v) is 4.24. The molecule has 1 fully saturated rings. The van der Waals surface area contributed by atoms with Gasteiger partial charge < -0.3 is 10.6 Å². The number of pyridine rings is 2. The van der Waals surface area contributed by atoms with E-state index in [2.05, 4.69) is 30.8 Å². The maximum Gasteiger partial charge on any atom is 0.253 e. The highest BCUT2D eigenvalue weighted by molar-refractivity contribution is 6.00. The molecule has 4 aromatic rings. The molecule has 3 aromatic heterocycles. The summed E-state index contributed by atoms with van der Waals surface area (Å²) in [6.45, 7) is 3.42. The number of nitrogens with zero attached hydrogens (tertiary/aromatic N) is 3. The van der Waals surface area contributed by atoms with E-state index < -0.39 is 0 Å². The first kappa shape index (κ1) is 20.3. The molecule has 4 heterocycles. The Balaban J connectivity index is 1.35. The predicted octanol–water partition coefficient (Wildman–Crippen LogP) is 3.03. The number of nitrogens with one attached hydrogen (secondary N) is 3. The van der Waals surface area contributed by atoms with Crippen LogP contribution in [0.2, 0.25) is 0 Å². The van der Waals surface area contributed by atoms with E-state index in [0.717, 1.165) is 40.9 Å². The number of carbonyl (C=O) groups is 1. The van der Waals surface area contributed by atoms with Gasteiger partial charge in [-0.25, -0.2) is 9.37 Å². The lowest BCUT2D eigenvalue weighted by Gasteiger charge is -2.20. The van der Waals surface area contributed by atoms with Gasteiger partial charge in [-0.05, 0) is 55.2 Å². The van der Waals surface area contributed by atoms with Crippen molar-refractivity contribution in [1.82, 2.24) is 30.8 Å². The third-order valence-electron chi connectivity index (χ3n) is 5.92. The zero-order valence-electron chi connectivity index (χ0n) is 17.6. The second kappa shape index (κ2) is 8.47. The van der Waals surface area contributed by atoms with Crippen LogP contribution in [0.3, 0.4) is 0 Å². The Labute approximate surface area is 184 Å². The number of hydrogen-bond donors (Lipinski definition) is 3. The molecule has 1 aliphatic rings. The van der Waals surface area contributed by atoms with Crippen LogP contribution < -0.4 is 10.6 Å². The monoisotopic (exact) mass is 430 g/mol. The molecule has 2 atom stereocenters. The summed E-state index contributed by atoms with van der Waals surface area (Å²) >= 11 is 0. The first-order valence-electron chi connectivity index (χ1n) is 10.6. The van der Waals surface area contributed by atoms with Crippen LogP contribution in [0.25, 0.3) is 22.3 Å². The van der Waals surface area contributed by atoms with Crippen molar-refractivity contribution in [1.29, 1.82) is 0 Å². The van der Waals surface area contributed by atoms with E-state index in [1.54, 1.807) is 24.5 Å². The van der Waals surface area contributed by atoms with E-state index >= 15 is 0 Å². The highest BCUT2D eigenvalue weighted by atomic mass is 19.1. The van der Waals surface area contributed by atoms with Crippen LogP contribution in [0.1, 0.15) is 21.6 Å². The quantitative estimate of drug-likeness (QED) is 0.452. The zero-order valence-corrected chi connectivity index (χ0v) is 17.6. The fourth-order valence-electron chi connectivity index (χ4n) is 4.24. The molecular formula is C24H23FN6O. The minimum atomic E-state index is -0.244. The van der Waals surface area contributed by atoms with Gasteiger partial charge in [-0.15, -0.1) is 0 Å². The summed E-state index contributed by atoms with van der Waals surface area (Å²) in [7, 11) is 0. The SMILES string of the molecule is Cc1cc(-c2[nH]nc3ncc(C(=O)N[C@H]4CNC[C@@H]4Cc4ccc(F)cc4)cc23)ccn1. The van der Waals surface area contributed by atoms with Crippen molar-refractivity contribution in [2.24, 2.45) is 5.92 Å². The Morgan fingerprint density at radius 2 is 2.00 bits per heavy atom. The summed E-state index contributed by atoms with van der Waals surface area (Å²) in [5.41, 5.74) is 4.75. The molecule has 5 rings (SSSR count). The average Bonchev–Trinajstić information content (AvgIpc) is 3.41. The van der Waals surface area contributed by atoms with Gasteiger partial charge in [-0.3, -0.25) is 14.9 Å². The summed E-state index contributed by atoms with van der Waals surface area (Å²) in [6, 6.07) is 12.2. The lowest BCUT2D eigenvalue weighted by atomic mass is 9.94. The highest BCUT2D eigenvalue weighted by Crippen LogP contribution is 2.26. The molecule has 0 spiro atoms. The summed E-state index contributed by atoms with van der Waals surface area (Å²) in [5.74, 6) is -0.188. The molecule has 1 amide bonds. The number of carbonyl (C=O) groups excluding carboxylic acids is 1. The van der Waals surface area contributed by atoms with Crippen molar-refractivity contribution in [3.63, 3.8) is 0 Å². The lowest BCUT2D eigenvalue weighted by Crippen LogP contribution is -2.41. The number of aryl methyl sites for hydroxylation is 1. The molecule has 1 aromatic carbocycles. The number of H-pyrrole nitrogens is 1. The van der Waals surface area contributed by atoms with Crippen molar-refractivity contribution >= 4 is 16.9 Å². The Morgan fingerprint density at radius 3 is 2.81 bits per heavy atom. The van der Waals surface area contributed by atoms with Gasteiger partial charge in [0.05, 0.1) is 11.3 Å². The van der Waals surface area contributed by atoms with Gasteiger partial charge in [0.1, 0.15) is 5.82 Å². The molecule has 0 aliphatic carbocycles. The van der Waals surface area contributed by atoms with Crippen molar-refractivity contribution in [3.05, 3.63) is 77.5 Å². The van der Waals surface area contributed by atoms with Crippen molar-refractivity contribution in [2.45, 2.75) is 19.4 Å². The Kier molecular flexibility index (Phi) is 5.36. The number of fused-ring (bicyclic) bond motifs is 1. The Morgan fingerprint density at radius 1 is 1.16 bits per heavy atom. The van der Waals surface area contributed by atoms with Crippen LogP contribution in [-0.4, -0.2) is 45.2 Å². The minimum Gasteiger partial charge on any atom is -0.348 e. The van der Waals surface area contributed by atoms with Crippen LogP contribution in [0.5, 0.6) is 0 Å². The van der Waals surface area contributed by atoms with Gasteiger partial charge in [0.2, 0.25) is 0 Å². The van der Waals surface area contributed by atoms with Gasteiger partial charge in [0.25, 0.3) is 5.91 Å². The van der Waals surface area contributed by atoms with E-state index in [1.165, 1.54) is 12.1 Å². The molecule has 0 bridgehead atoms. The second-order valence-corrected chi connectivity index (χ2v) is 8.21. The van der Waals surface area contributed by atoms with Crippen LogP contribution in [0, 0.1) is 18.7 Å². The number of rotatable bonds is 5. The van der Waals surface area contributed by atoms with Crippen LogP contribution >= 0.6 is 0 Å². The highest BCUT2D eigenvalue weighted by Gasteiger charge is 2.29. The molecule has 1 aliphatic heterocycles. The van der Waals surface area contributed by atoms with Gasteiger partial charge >= 0.3 is 0 Å². The van der Waals surface area contributed by atoms with Crippen molar-refractivity contribution in [2.75, 3.05) is 13.1 Å². The molecular weight excluding hydrogens is 407 g/mol. The number of aromatic nitrogens is 4. The molecule has 1 saturated heterocycles. The molecule has 8 heteroatoms. The van der Waals surface area contributed by atoms with Crippen LogP contribution in [0.15, 0.2) is 54.9 Å². The van der Waals surface area contributed by atoms with E-state index in [1.807, 2.05) is 25.1 Å². The van der Waals surface area contributed by atoms with Crippen molar-refractivity contribution < 1.29 is 9.18 Å². The minimum absolute atomic E-state index is 0.0186. The Hall–Kier alpha value is -3.65.